The highest BCUT2D eigenvalue weighted by Gasteiger charge is 2.13. The molecule has 3 nitrogen and oxygen atoms in total. The van der Waals surface area contributed by atoms with Crippen LogP contribution in [-0.4, -0.2) is 19.1 Å². The molecule has 1 amide bonds. The molecule has 0 heterocycles. The van der Waals surface area contributed by atoms with E-state index >= 15 is 0 Å². The van der Waals surface area contributed by atoms with Crippen molar-refractivity contribution >= 4 is 5.91 Å². The summed E-state index contributed by atoms with van der Waals surface area (Å²) in [7, 11) is 1.58. The van der Waals surface area contributed by atoms with Crippen molar-refractivity contribution < 1.29 is 9.53 Å². The Kier molecular flexibility index (Phi) is 5.69. The van der Waals surface area contributed by atoms with Gasteiger partial charge in [-0.15, -0.1) is 0 Å². The van der Waals surface area contributed by atoms with Crippen LogP contribution >= 0.6 is 0 Å². The molecule has 0 spiro atoms. The van der Waals surface area contributed by atoms with Crippen LogP contribution < -0.4 is 10.1 Å². The van der Waals surface area contributed by atoms with Crippen molar-refractivity contribution in [3.8, 4) is 5.75 Å². The lowest BCUT2D eigenvalue weighted by molar-refractivity contribution is 0.0934. The summed E-state index contributed by atoms with van der Waals surface area (Å²) in [6.07, 6.45) is 2.12. The number of methoxy groups -OCH3 is 1. The molecule has 1 unspecified atom stereocenters. The van der Waals surface area contributed by atoms with Crippen molar-refractivity contribution in [2.75, 3.05) is 7.11 Å². The summed E-state index contributed by atoms with van der Waals surface area (Å²) in [5.74, 6) is 1.21. The van der Waals surface area contributed by atoms with Crippen molar-refractivity contribution in [1.29, 1.82) is 0 Å². The van der Waals surface area contributed by atoms with E-state index in [0.29, 0.717) is 17.2 Å². The first-order chi connectivity index (χ1) is 8.54. The third-order valence-corrected chi connectivity index (χ3v) is 2.91. The molecule has 3 heteroatoms. The first-order valence-corrected chi connectivity index (χ1v) is 6.48. The molecule has 0 fully saturated rings. The summed E-state index contributed by atoms with van der Waals surface area (Å²) in [5.41, 5.74) is 0.594. The maximum absolute atomic E-state index is 12.1. The number of rotatable bonds is 6. The summed E-state index contributed by atoms with van der Waals surface area (Å²) in [4.78, 5) is 12.1. The molecular weight excluding hydrogens is 226 g/mol. The lowest BCUT2D eigenvalue weighted by atomic mass is 10.0. The van der Waals surface area contributed by atoms with Crippen LogP contribution in [0.25, 0.3) is 0 Å². The average Bonchev–Trinajstić information content (AvgIpc) is 2.36. The van der Waals surface area contributed by atoms with Gasteiger partial charge in [-0.25, -0.2) is 0 Å². The second kappa shape index (κ2) is 7.04. The highest BCUT2D eigenvalue weighted by atomic mass is 16.5. The largest absolute Gasteiger partial charge is 0.496 e. The minimum Gasteiger partial charge on any atom is -0.496 e. The van der Waals surface area contributed by atoms with E-state index in [2.05, 4.69) is 19.2 Å². The topological polar surface area (TPSA) is 38.3 Å². The highest BCUT2D eigenvalue weighted by molar-refractivity contribution is 5.97. The van der Waals surface area contributed by atoms with Crippen LogP contribution in [0, 0.1) is 5.92 Å². The smallest absolute Gasteiger partial charge is 0.255 e. The lowest BCUT2D eigenvalue weighted by Gasteiger charge is -2.16. The zero-order valence-corrected chi connectivity index (χ0v) is 11.7. The van der Waals surface area contributed by atoms with E-state index in [1.165, 1.54) is 0 Å². The second-order valence-corrected chi connectivity index (χ2v) is 5.05. The van der Waals surface area contributed by atoms with E-state index in [4.69, 9.17) is 4.74 Å². The van der Waals surface area contributed by atoms with E-state index in [1.54, 1.807) is 19.2 Å². The summed E-state index contributed by atoms with van der Waals surface area (Å²) < 4.78 is 5.19. The molecule has 1 aromatic carbocycles. The number of amides is 1. The van der Waals surface area contributed by atoms with Gasteiger partial charge in [0.1, 0.15) is 5.75 Å². The Bertz CT molecular complexity index is 388. The minimum absolute atomic E-state index is 0.0660. The van der Waals surface area contributed by atoms with Crippen molar-refractivity contribution in [3.05, 3.63) is 29.8 Å². The zero-order chi connectivity index (χ0) is 13.5. The van der Waals surface area contributed by atoms with E-state index in [0.717, 1.165) is 12.8 Å². The molecule has 0 aliphatic heterocycles. The Morgan fingerprint density at radius 2 is 1.89 bits per heavy atom. The van der Waals surface area contributed by atoms with Crippen LogP contribution in [0.15, 0.2) is 24.3 Å². The standard InChI is InChI=1S/C15H23NO2/c1-11(2)9-10-12(3)16-15(17)13-7-5-6-8-14(13)18-4/h5-8,11-12H,9-10H2,1-4H3,(H,16,17). The van der Waals surface area contributed by atoms with E-state index in [1.807, 2.05) is 19.1 Å². The number of carbonyl (C=O) groups is 1. The van der Waals surface area contributed by atoms with E-state index in [-0.39, 0.29) is 11.9 Å². The van der Waals surface area contributed by atoms with Crippen LogP contribution in [0.3, 0.4) is 0 Å². The molecule has 0 radical (unpaired) electrons. The molecule has 0 bridgehead atoms. The molecule has 0 saturated heterocycles. The number of hydrogen-bond acceptors (Lipinski definition) is 2. The second-order valence-electron chi connectivity index (χ2n) is 5.05. The summed E-state index contributed by atoms with van der Waals surface area (Å²) in [6, 6.07) is 7.47. The molecule has 0 aromatic heterocycles. The van der Waals surface area contributed by atoms with Gasteiger partial charge in [0.15, 0.2) is 0 Å². The van der Waals surface area contributed by atoms with Crippen molar-refractivity contribution in [2.24, 2.45) is 5.92 Å². The molecule has 18 heavy (non-hydrogen) atoms. The quantitative estimate of drug-likeness (QED) is 0.840. The van der Waals surface area contributed by atoms with Gasteiger partial charge in [0.25, 0.3) is 5.91 Å². The Hall–Kier alpha value is -1.51. The first-order valence-electron chi connectivity index (χ1n) is 6.48. The van der Waals surface area contributed by atoms with Crippen LogP contribution in [0.5, 0.6) is 5.75 Å². The number of ether oxygens (including phenoxy) is 1. The number of nitrogens with one attached hydrogen (secondary N) is 1. The van der Waals surface area contributed by atoms with Crippen LogP contribution in [0.4, 0.5) is 0 Å². The third kappa shape index (κ3) is 4.40. The predicted molar refractivity (Wildman–Crippen MR) is 74.0 cm³/mol. The van der Waals surface area contributed by atoms with Gasteiger partial charge in [-0.3, -0.25) is 4.79 Å². The fourth-order valence-electron chi connectivity index (χ4n) is 1.79. The summed E-state index contributed by atoms with van der Waals surface area (Å²) >= 11 is 0. The SMILES string of the molecule is COc1ccccc1C(=O)NC(C)CCC(C)C. The zero-order valence-electron chi connectivity index (χ0n) is 11.7. The van der Waals surface area contributed by atoms with Gasteiger partial charge in [0, 0.05) is 6.04 Å². The van der Waals surface area contributed by atoms with Crippen LogP contribution in [0.1, 0.15) is 44.0 Å². The summed E-state index contributed by atoms with van der Waals surface area (Å²) in [5, 5.41) is 3.01. The number of para-hydroxylation sites is 1. The molecular formula is C15H23NO2. The fourth-order valence-corrected chi connectivity index (χ4v) is 1.79. The van der Waals surface area contributed by atoms with Crippen molar-refractivity contribution in [3.63, 3.8) is 0 Å². The maximum Gasteiger partial charge on any atom is 0.255 e. The number of benzene rings is 1. The van der Waals surface area contributed by atoms with E-state index in [9.17, 15) is 4.79 Å². The lowest BCUT2D eigenvalue weighted by Crippen LogP contribution is -2.32. The summed E-state index contributed by atoms with van der Waals surface area (Å²) in [6.45, 7) is 6.42. The molecule has 1 rings (SSSR count). The Morgan fingerprint density at radius 3 is 2.50 bits per heavy atom. The molecule has 1 aromatic rings. The van der Waals surface area contributed by atoms with Gasteiger partial charge in [-0.2, -0.15) is 0 Å². The maximum atomic E-state index is 12.1. The Morgan fingerprint density at radius 1 is 1.22 bits per heavy atom. The Labute approximate surface area is 110 Å². The molecule has 100 valence electrons. The van der Waals surface area contributed by atoms with Crippen molar-refractivity contribution in [2.45, 2.75) is 39.7 Å². The van der Waals surface area contributed by atoms with E-state index < -0.39 is 0 Å². The van der Waals surface area contributed by atoms with Gasteiger partial charge in [0.2, 0.25) is 0 Å². The first kappa shape index (κ1) is 14.6. The van der Waals surface area contributed by atoms with Gasteiger partial charge in [0.05, 0.1) is 12.7 Å². The highest BCUT2D eigenvalue weighted by Crippen LogP contribution is 2.17. The molecule has 1 atom stereocenters. The normalized spacial score (nSPS) is 12.3. The predicted octanol–water partition coefficient (Wildman–Crippen LogP) is 3.25. The molecule has 1 N–H and O–H groups in total. The van der Waals surface area contributed by atoms with Gasteiger partial charge in [-0.1, -0.05) is 26.0 Å². The van der Waals surface area contributed by atoms with Gasteiger partial charge in [-0.05, 0) is 37.8 Å². The monoisotopic (exact) mass is 249 g/mol. The molecule has 0 aliphatic carbocycles. The third-order valence-electron chi connectivity index (χ3n) is 2.91. The van der Waals surface area contributed by atoms with Crippen LogP contribution in [-0.2, 0) is 0 Å². The average molecular weight is 249 g/mol. The minimum atomic E-state index is -0.0660. The Balaban J connectivity index is 2.59. The molecule has 0 saturated carbocycles. The van der Waals surface area contributed by atoms with Gasteiger partial charge < -0.3 is 10.1 Å². The van der Waals surface area contributed by atoms with Crippen LogP contribution in [0.2, 0.25) is 0 Å². The number of carbonyl (C=O) groups excluding carboxylic acids is 1. The fraction of sp³-hybridized carbons (Fsp3) is 0.533. The van der Waals surface area contributed by atoms with Crippen molar-refractivity contribution in [1.82, 2.24) is 5.32 Å². The number of hydrogen-bond donors (Lipinski definition) is 1. The van der Waals surface area contributed by atoms with Gasteiger partial charge >= 0.3 is 0 Å². The molecule has 0 aliphatic rings.